The quantitative estimate of drug-likeness (QED) is 0.835. The maximum absolute atomic E-state index is 13.2. The van der Waals surface area contributed by atoms with Crippen molar-refractivity contribution in [2.75, 3.05) is 0 Å². The molecule has 0 bridgehead atoms. The van der Waals surface area contributed by atoms with Gasteiger partial charge in [0.2, 0.25) is 5.91 Å². The SMILES string of the molecule is O=C(CCc1ccc(F)c(F)c1)N[C@@H]1CC[C@@H]1NC1CCCCC1. The van der Waals surface area contributed by atoms with Crippen molar-refractivity contribution in [3.63, 3.8) is 0 Å². The molecule has 2 aliphatic rings. The van der Waals surface area contributed by atoms with Gasteiger partial charge >= 0.3 is 0 Å². The number of carbonyl (C=O) groups is 1. The summed E-state index contributed by atoms with van der Waals surface area (Å²) < 4.78 is 26.1. The second kappa shape index (κ2) is 8.06. The van der Waals surface area contributed by atoms with E-state index in [1.807, 2.05) is 0 Å². The lowest BCUT2D eigenvalue weighted by atomic mass is 9.84. The molecule has 5 heteroatoms. The van der Waals surface area contributed by atoms with Gasteiger partial charge in [-0.05, 0) is 49.8 Å². The smallest absolute Gasteiger partial charge is 0.220 e. The van der Waals surface area contributed by atoms with E-state index in [4.69, 9.17) is 0 Å². The van der Waals surface area contributed by atoms with Crippen LogP contribution in [0.5, 0.6) is 0 Å². The third-order valence-electron chi connectivity index (χ3n) is 5.30. The molecular weight excluding hydrogens is 310 g/mol. The third-order valence-corrected chi connectivity index (χ3v) is 5.30. The molecule has 1 aromatic carbocycles. The zero-order valence-corrected chi connectivity index (χ0v) is 14.0. The average Bonchev–Trinajstić information content (AvgIpc) is 2.58. The first-order chi connectivity index (χ1) is 11.6. The number of aryl methyl sites for hydroxylation is 1. The highest BCUT2D eigenvalue weighted by atomic mass is 19.2. The Morgan fingerprint density at radius 3 is 2.42 bits per heavy atom. The number of benzene rings is 1. The zero-order chi connectivity index (χ0) is 16.9. The second-order valence-corrected chi connectivity index (χ2v) is 7.11. The molecule has 2 aliphatic carbocycles. The molecule has 3 nitrogen and oxygen atoms in total. The van der Waals surface area contributed by atoms with Crippen molar-refractivity contribution in [3.05, 3.63) is 35.4 Å². The normalized spacial score (nSPS) is 24.4. The van der Waals surface area contributed by atoms with Crippen LogP contribution in [0.2, 0.25) is 0 Å². The summed E-state index contributed by atoms with van der Waals surface area (Å²) in [6.45, 7) is 0. The molecule has 0 spiro atoms. The summed E-state index contributed by atoms with van der Waals surface area (Å²) in [5.74, 6) is -1.72. The summed E-state index contributed by atoms with van der Waals surface area (Å²) in [7, 11) is 0. The minimum absolute atomic E-state index is 0.0140. The first kappa shape index (κ1) is 17.3. The summed E-state index contributed by atoms with van der Waals surface area (Å²) in [5.41, 5.74) is 0.648. The van der Waals surface area contributed by atoms with Crippen LogP contribution in [0.3, 0.4) is 0 Å². The molecule has 2 saturated carbocycles. The van der Waals surface area contributed by atoms with Crippen LogP contribution in [-0.2, 0) is 11.2 Å². The Kier molecular flexibility index (Phi) is 5.82. The van der Waals surface area contributed by atoms with Crippen LogP contribution in [0.1, 0.15) is 56.9 Å². The molecule has 2 atom stereocenters. The summed E-state index contributed by atoms with van der Waals surface area (Å²) in [5, 5.41) is 6.78. The molecule has 1 aromatic rings. The lowest BCUT2D eigenvalue weighted by molar-refractivity contribution is -0.122. The number of hydrogen-bond acceptors (Lipinski definition) is 2. The van der Waals surface area contributed by atoms with Gasteiger partial charge < -0.3 is 10.6 Å². The average molecular weight is 336 g/mol. The highest BCUT2D eigenvalue weighted by molar-refractivity contribution is 5.76. The Labute approximate surface area is 142 Å². The van der Waals surface area contributed by atoms with Gasteiger partial charge in [-0.3, -0.25) is 4.79 Å². The van der Waals surface area contributed by atoms with Gasteiger partial charge in [0.1, 0.15) is 0 Å². The summed E-state index contributed by atoms with van der Waals surface area (Å²) in [4.78, 5) is 12.1. The molecule has 1 amide bonds. The number of nitrogens with one attached hydrogen (secondary N) is 2. The van der Waals surface area contributed by atoms with Crippen molar-refractivity contribution in [3.8, 4) is 0 Å². The fourth-order valence-corrected chi connectivity index (χ4v) is 3.68. The van der Waals surface area contributed by atoms with Crippen LogP contribution in [0.4, 0.5) is 8.78 Å². The lowest BCUT2D eigenvalue weighted by Crippen LogP contribution is -2.59. The molecule has 0 aliphatic heterocycles. The first-order valence-electron chi connectivity index (χ1n) is 9.11. The summed E-state index contributed by atoms with van der Waals surface area (Å²) in [6, 6.07) is 5.01. The lowest BCUT2D eigenvalue weighted by Gasteiger charge is -2.41. The minimum atomic E-state index is -0.858. The molecule has 132 valence electrons. The largest absolute Gasteiger partial charge is 0.352 e. The molecule has 0 saturated heterocycles. The molecule has 24 heavy (non-hydrogen) atoms. The minimum Gasteiger partial charge on any atom is -0.352 e. The van der Waals surface area contributed by atoms with Crippen molar-refractivity contribution in [1.29, 1.82) is 0 Å². The van der Waals surface area contributed by atoms with Crippen LogP contribution in [0, 0.1) is 11.6 Å². The van der Waals surface area contributed by atoms with Gasteiger partial charge in [0.15, 0.2) is 11.6 Å². The van der Waals surface area contributed by atoms with E-state index in [1.165, 1.54) is 44.2 Å². The molecular formula is C19H26F2N2O. The van der Waals surface area contributed by atoms with Crippen LogP contribution in [0.25, 0.3) is 0 Å². The number of halogens is 2. The Hall–Kier alpha value is -1.49. The van der Waals surface area contributed by atoms with Crippen LogP contribution in [0.15, 0.2) is 18.2 Å². The van der Waals surface area contributed by atoms with E-state index in [2.05, 4.69) is 10.6 Å². The van der Waals surface area contributed by atoms with Gasteiger partial charge in [0.25, 0.3) is 0 Å². The van der Waals surface area contributed by atoms with E-state index in [9.17, 15) is 13.6 Å². The Bertz CT molecular complexity index is 572. The molecule has 0 radical (unpaired) electrons. The Morgan fingerprint density at radius 2 is 1.75 bits per heavy atom. The van der Waals surface area contributed by atoms with Gasteiger partial charge in [0.05, 0.1) is 0 Å². The molecule has 2 fully saturated rings. The van der Waals surface area contributed by atoms with Gasteiger partial charge in [0, 0.05) is 24.5 Å². The van der Waals surface area contributed by atoms with Crippen LogP contribution in [-0.4, -0.2) is 24.0 Å². The fraction of sp³-hybridized carbons (Fsp3) is 0.632. The van der Waals surface area contributed by atoms with Crippen LogP contribution < -0.4 is 10.6 Å². The maximum Gasteiger partial charge on any atom is 0.220 e. The van der Waals surface area contributed by atoms with Crippen molar-refractivity contribution in [2.24, 2.45) is 0 Å². The van der Waals surface area contributed by atoms with Crippen LogP contribution >= 0.6 is 0 Å². The molecule has 3 rings (SSSR count). The highest BCUT2D eigenvalue weighted by Crippen LogP contribution is 2.24. The Balaban J connectivity index is 1.40. The maximum atomic E-state index is 13.2. The predicted molar refractivity (Wildman–Crippen MR) is 89.6 cm³/mol. The number of rotatable bonds is 6. The van der Waals surface area contributed by atoms with Gasteiger partial charge in [-0.25, -0.2) is 8.78 Å². The van der Waals surface area contributed by atoms with Gasteiger partial charge in [-0.1, -0.05) is 25.3 Å². The van der Waals surface area contributed by atoms with Crippen molar-refractivity contribution >= 4 is 5.91 Å². The molecule has 0 aromatic heterocycles. The molecule has 0 unspecified atom stereocenters. The standard InChI is InChI=1S/C19H26F2N2O/c20-15-8-6-13(12-16(15)21)7-11-19(24)23-18-10-9-17(18)22-14-4-2-1-3-5-14/h6,8,12,14,17-18,22H,1-5,7,9-11H2,(H,23,24)/t17-,18+/m0/s1. The van der Waals surface area contributed by atoms with E-state index < -0.39 is 11.6 Å². The van der Waals surface area contributed by atoms with Gasteiger partial charge in [-0.15, -0.1) is 0 Å². The summed E-state index contributed by atoms with van der Waals surface area (Å²) in [6.07, 6.45) is 9.29. The number of amides is 1. The van der Waals surface area contributed by atoms with E-state index in [0.29, 0.717) is 30.5 Å². The highest BCUT2D eigenvalue weighted by Gasteiger charge is 2.33. The predicted octanol–water partition coefficient (Wildman–Crippen LogP) is 3.47. The van der Waals surface area contributed by atoms with Crippen molar-refractivity contribution in [2.45, 2.75) is 75.9 Å². The van der Waals surface area contributed by atoms with E-state index >= 15 is 0 Å². The van der Waals surface area contributed by atoms with E-state index in [0.717, 1.165) is 18.9 Å². The fourth-order valence-electron chi connectivity index (χ4n) is 3.68. The van der Waals surface area contributed by atoms with E-state index in [-0.39, 0.29) is 11.9 Å². The first-order valence-corrected chi connectivity index (χ1v) is 9.11. The number of hydrogen-bond donors (Lipinski definition) is 2. The molecule has 0 heterocycles. The summed E-state index contributed by atoms with van der Waals surface area (Å²) >= 11 is 0. The zero-order valence-electron chi connectivity index (χ0n) is 14.0. The van der Waals surface area contributed by atoms with Gasteiger partial charge in [-0.2, -0.15) is 0 Å². The molecule has 2 N–H and O–H groups in total. The number of carbonyl (C=O) groups excluding carboxylic acids is 1. The Morgan fingerprint density at radius 1 is 1.00 bits per heavy atom. The monoisotopic (exact) mass is 336 g/mol. The van der Waals surface area contributed by atoms with Crippen molar-refractivity contribution in [1.82, 2.24) is 10.6 Å². The third kappa shape index (κ3) is 4.53. The van der Waals surface area contributed by atoms with E-state index in [1.54, 1.807) is 0 Å². The topological polar surface area (TPSA) is 41.1 Å². The van der Waals surface area contributed by atoms with Crippen molar-refractivity contribution < 1.29 is 13.6 Å². The second-order valence-electron chi connectivity index (χ2n) is 7.11.